The van der Waals surface area contributed by atoms with Crippen LogP contribution in [0.4, 0.5) is 0 Å². The molecule has 0 saturated carbocycles. The Morgan fingerprint density at radius 1 is 0.724 bits per heavy atom. The molecule has 1 atom stereocenters. The van der Waals surface area contributed by atoms with E-state index in [4.69, 9.17) is 18.8 Å². The summed E-state index contributed by atoms with van der Waals surface area (Å²) in [6.45, 7) is 5.35. The predicted molar refractivity (Wildman–Crippen MR) is 113 cm³/mol. The monoisotopic (exact) mass is 412 g/mol. The van der Waals surface area contributed by atoms with Gasteiger partial charge in [0.1, 0.15) is 17.1 Å². The minimum Gasteiger partial charge on any atom is -0.414 e. The van der Waals surface area contributed by atoms with Gasteiger partial charge in [0.15, 0.2) is 0 Å². The summed E-state index contributed by atoms with van der Waals surface area (Å²) in [6.07, 6.45) is 0. The zero-order valence-electron chi connectivity index (χ0n) is 16.7. The molecule has 3 aromatic carbocycles. The van der Waals surface area contributed by atoms with E-state index >= 15 is 0 Å². The van der Waals surface area contributed by atoms with Gasteiger partial charge in [-0.05, 0) is 50.6 Å². The molecule has 29 heavy (non-hydrogen) atoms. The van der Waals surface area contributed by atoms with Gasteiger partial charge < -0.3 is 9.05 Å². The highest BCUT2D eigenvalue weighted by atomic mass is 31.2. The van der Waals surface area contributed by atoms with E-state index in [0.29, 0.717) is 11.5 Å². The Bertz CT molecular complexity index is 884. The molecule has 0 amide bonds. The van der Waals surface area contributed by atoms with Gasteiger partial charge >= 0.3 is 7.60 Å². The van der Waals surface area contributed by atoms with E-state index in [1.165, 1.54) is 0 Å². The SMILES string of the molecule is CC(OOC(C)(C)c1ccccc1)P(=O)(Oc1ccccc1)Oc1ccccc1. The fourth-order valence-corrected chi connectivity index (χ4v) is 3.87. The molecule has 0 radical (unpaired) electrons. The molecule has 0 saturated heterocycles. The second-order valence-corrected chi connectivity index (χ2v) is 9.18. The summed E-state index contributed by atoms with van der Waals surface area (Å²) in [5.74, 6) is -0.139. The Balaban J connectivity index is 1.78. The summed E-state index contributed by atoms with van der Waals surface area (Å²) in [5.41, 5.74) is 0.176. The topological polar surface area (TPSA) is 54.0 Å². The largest absolute Gasteiger partial charge is 0.462 e. The second kappa shape index (κ2) is 9.27. The van der Waals surface area contributed by atoms with Crippen molar-refractivity contribution in [1.82, 2.24) is 0 Å². The zero-order chi connectivity index (χ0) is 20.7. The quantitative estimate of drug-likeness (QED) is 0.226. The highest BCUT2D eigenvalue weighted by Gasteiger charge is 2.39. The molecular formula is C23H25O5P. The van der Waals surface area contributed by atoms with E-state index in [1.54, 1.807) is 55.5 Å². The number of para-hydroxylation sites is 2. The fraction of sp³-hybridized carbons (Fsp3) is 0.217. The van der Waals surface area contributed by atoms with Crippen LogP contribution in [0.25, 0.3) is 0 Å². The average molecular weight is 412 g/mol. The van der Waals surface area contributed by atoms with Crippen LogP contribution in [0.2, 0.25) is 0 Å². The maximum atomic E-state index is 13.7. The van der Waals surface area contributed by atoms with Crippen molar-refractivity contribution in [1.29, 1.82) is 0 Å². The molecule has 0 aliphatic heterocycles. The van der Waals surface area contributed by atoms with E-state index < -0.39 is 19.0 Å². The molecule has 152 valence electrons. The Morgan fingerprint density at radius 2 is 1.14 bits per heavy atom. The highest BCUT2D eigenvalue weighted by molar-refractivity contribution is 7.55. The molecule has 0 bridgehead atoms. The lowest BCUT2D eigenvalue weighted by atomic mass is 9.99. The van der Waals surface area contributed by atoms with E-state index in [-0.39, 0.29) is 0 Å². The van der Waals surface area contributed by atoms with Crippen LogP contribution < -0.4 is 9.05 Å². The standard InChI is InChI=1S/C23H25O5P/c1-19(25-28-23(2,3)20-13-7-4-8-14-20)29(24,26-21-15-9-5-10-16-21)27-22-17-11-6-12-18-22/h4-19H,1-3H3. The summed E-state index contributed by atoms with van der Waals surface area (Å²) in [5, 5.41) is 0. The lowest BCUT2D eigenvalue weighted by molar-refractivity contribution is -0.366. The Hall–Kier alpha value is -2.59. The fourth-order valence-electron chi connectivity index (χ4n) is 2.55. The first-order valence-corrected chi connectivity index (χ1v) is 11.0. The van der Waals surface area contributed by atoms with Gasteiger partial charge in [-0.15, -0.1) is 0 Å². The van der Waals surface area contributed by atoms with Crippen LogP contribution in [0.1, 0.15) is 26.3 Å². The number of benzene rings is 3. The first-order valence-electron chi connectivity index (χ1n) is 9.38. The Labute approximate surface area is 171 Å². The molecule has 3 aromatic rings. The summed E-state index contributed by atoms with van der Waals surface area (Å²) in [4.78, 5) is 11.2. The van der Waals surface area contributed by atoms with Gasteiger partial charge in [-0.25, -0.2) is 14.3 Å². The molecule has 0 aliphatic carbocycles. The van der Waals surface area contributed by atoms with Crippen LogP contribution in [-0.4, -0.2) is 5.85 Å². The van der Waals surface area contributed by atoms with Gasteiger partial charge in [-0.3, -0.25) is 0 Å². The molecular weight excluding hydrogens is 387 g/mol. The van der Waals surface area contributed by atoms with Gasteiger partial charge in [-0.2, -0.15) is 0 Å². The second-order valence-electron chi connectivity index (χ2n) is 7.00. The minimum atomic E-state index is -3.78. The maximum Gasteiger partial charge on any atom is 0.462 e. The van der Waals surface area contributed by atoms with Crippen molar-refractivity contribution >= 4 is 7.60 Å². The van der Waals surface area contributed by atoms with Crippen LogP contribution in [0.3, 0.4) is 0 Å². The normalized spacial score (nSPS) is 12.9. The number of rotatable bonds is 9. The van der Waals surface area contributed by atoms with Crippen molar-refractivity contribution in [3.8, 4) is 11.5 Å². The molecule has 1 unspecified atom stereocenters. The summed E-state index contributed by atoms with van der Waals surface area (Å²) in [7, 11) is -3.78. The van der Waals surface area contributed by atoms with Crippen LogP contribution in [0, 0.1) is 0 Å². The van der Waals surface area contributed by atoms with Gasteiger partial charge in [0.25, 0.3) is 0 Å². The van der Waals surface area contributed by atoms with Crippen molar-refractivity contribution in [3.63, 3.8) is 0 Å². The first-order chi connectivity index (χ1) is 13.9. The molecule has 0 aliphatic rings. The summed E-state index contributed by atoms with van der Waals surface area (Å²) >= 11 is 0. The first kappa shape index (κ1) is 21.1. The van der Waals surface area contributed by atoms with Crippen LogP contribution in [-0.2, 0) is 19.9 Å². The number of hydrogen-bond donors (Lipinski definition) is 0. The van der Waals surface area contributed by atoms with E-state index in [1.807, 2.05) is 56.3 Å². The molecule has 0 aromatic heterocycles. The average Bonchev–Trinajstić information content (AvgIpc) is 2.74. The molecule has 6 heteroatoms. The van der Waals surface area contributed by atoms with Gasteiger partial charge in [0, 0.05) is 0 Å². The molecule has 0 heterocycles. The van der Waals surface area contributed by atoms with Gasteiger partial charge in [0.2, 0.25) is 5.85 Å². The molecule has 5 nitrogen and oxygen atoms in total. The molecule has 0 N–H and O–H groups in total. The molecule has 0 spiro atoms. The minimum absolute atomic E-state index is 0.421. The van der Waals surface area contributed by atoms with Crippen LogP contribution >= 0.6 is 7.60 Å². The third kappa shape index (κ3) is 5.70. The smallest absolute Gasteiger partial charge is 0.414 e. The van der Waals surface area contributed by atoms with Crippen molar-refractivity contribution in [2.75, 3.05) is 0 Å². The molecule has 0 fully saturated rings. The lowest BCUT2D eigenvalue weighted by Gasteiger charge is -2.29. The van der Waals surface area contributed by atoms with Crippen LogP contribution in [0.15, 0.2) is 91.0 Å². The van der Waals surface area contributed by atoms with E-state index in [2.05, 4.69) is 0 Å². The predicted octanol–water partition coefficient (Wildman–Crippen LogP) is 6.57. The lowest BCUT2D eigenvalue weighted by Crippen LogP contribution is -2.26. The zero-order valence-corrected chi connectivity index (χ0v) is 17.6. The van der Waals surface area contributed by atoms with E-state index in [9.17, 15) is 4.57 Å². The summed E-state index contributed by atoms with van der Waals surface area (Å²) in [6, 6.07) is 27.4. The Morgan fingerprint density at radius 3 is 1.59 bits per heavy atom. The summed E-state index contributed by atoms with van der Waals surface area (Å²) < 4.78 is 25.2. The van der Waals surface area contributed by atoms with Crippen molar-refractivity contribution in [3.05, 3.63) is 96.6 Å². The van der Waals surface area contributed by atoms with Crippen molar-refractivity contribution in [2.45, 2.75) is 32.2 Å². The van der Waals surface area contributed by atoms with Crippen molar-refractivity contribution < 1.29 is 23.4 Å². The third-order valence-corrected chi connectivity index (χ3v) is 6.17. The third-order valence-electron chi connectivity index (χ3n) is 4.26. The van der Waals surface area contributed by atoms with Crippen LogP contribution in [0.5, 0.6) is 11.5 Å². The maximum absolute atomic E-state index is 13.7. The van der Waals surface area contributed by atoms with Crippen molar-refractivity contribution in [2.24, 2.45) is 0 Å². The highest BCUT2D eigenvalue weighted by Crippen LogP contribution is 2.53. The van der Waals surface area contributed by atoms with Gasteiger partial charge in [0.05, 0.1) is 0 Å². The van der Waals surface area contributed by atoms with E-state index in [0.717, 1.165) is 5.56 Å². The van der Waals surface area contributed by atoms with Gasteiger partial charge in [-0.1, -0.05) is 66.7 Å². The number of hydrogen-bond acceptors (Lipinski definition) is 5. The Kier molecular flexibility index (Phi) is 6.75. The molecule has 3 rings (SSSR count).